The van der Waals surface area contributed by atoms with E-state index < -0.39 is 9.84 Å². The molecule has 0 bridgehead atoms. The van der Waals surface area contributed by atoms with Crippen molar-refractivity contribution < 1.29 is 13.2 Å². The fraction of sp³-hybridized carbons (Fsp3) is 0.727. The van der Waals surface area contributed by atoms with Crippen LogP contribution in [0.1, 0.15) is 25.2 Å². The van der Waals surface area contributed by atoms with Gasteiger partial charge in [-0.2, -0.15) is 0 Å². The molecule has 0 aliphatic carbocycles. The van der Waals surface area contributed by atoms with E-state index >= 15 is 0 Å². The maximum absolute atomic E-state index is 11.7. The van der Waals surface area contributed by atoms with Crippen molar-refractivity contribution in [3.05, 3.63) is 12.2 Å². The minimum absolute atomic E-state index is 0.0101. The number of nitrogens with zero attached hydrogens (tertiary/aromatic N) is 3. The van der Waals surface area contributed by atoms with Gasteiger partial charge in [-0.15, -0.1) is 10.2 Å². The Kier molecular flexibility index (Phi) is 4.26. The second kappa shape index (κ2) is 5.78. The van der Waals surface area contributed by atoms with E-state index in [1.165, 1.54) is 0 Å². The quantitative estimate of drug-likeness (QED) is 0.788. The van der Waals surface area contributed by atoms with Gasteiger partial charge >= 0.3 is 6.03 Å². The number of amides is 2. The molecule has 1 fully saturated rings. The van der Waals surface area contributed by atoms with Crippen molar-refractivity contribution >= 4 is 15.9 Å². The Balaban J connectivity index is 1.77. The molecule has 2 rings (SSSR count). The molecule has 8 nitrogen and oxygen atoms in total. The first-order valence-electron chi connectivity index (χ1n) is 6.46. The van der Waals surface area contributed by atoms with Crippen LogP contribution in [0.15, 0.2) is 6.33 Å². The van der Waals surface area contributed by atoms with Crippen LogP contribution >= 0.6 is 0 Å². The highest BCUT2D eigenvalue weighted by atomic mass is 32.2. The number of carbonyl (C=O) groups excluding carboxylic acids is 1. The predicted octanol–water partition coefficient (Wildman–Crippen LogP) is -0.390. The standard InChI is InChI=1S/C11H19N5O3S/c1-8(10-15-13-7-16(10)2)14-11(17)12-5-9-3-4-20(18,19)6-9/h7-9H,3-6H2,1-2H3,(H2,12,14,17)/t8-,9+/m1/s1. The predicted molar refractivity (Wildman–Crippen MR) is 72.7 cm³/mol. The monoisotopic (exact) mass is 301 g/mol. The van der Waals surface area contributed by atoms with E-state index in [0.29, 0.717) is 18.8 Å². The molecule has 20 heavy (non-hydrogen) atoms. The fourth-order valence-electron chi connectivity index (χ4n) is 2.27. The summed E-state index contributed by atoms with van der Waals surface area (Å²) in [5.74, 6) is 1.04. The van der Waals surface area contributed by atoms with Gasteiger partial charge in [0.05, 0.1) is 17.5 Å². The van der Waals surface area contributed by atoms with E-state index in [1.807, 2.05) is 6.92 Å². The topological polar surface area (TPSA) is 106 Å². The Hall–Kier alpha value is -1.64. The first kappa shape index (κ1) is 14.8. The molecule has 0 aromatic carbocycles. The Labute approximate surface area is 117 Å². The zero-order valence-corrected chi connectivity index (χ0v) is 12.4. The summed E-state index contributed by atoms with van der Waals surface area (Å²) in [6.45, 7) is 2.18. The van der Waals surface area contributed by atoms with Crippen LogP contribution in [-0.2, 0) is 16.9 Å². The van der Waals surface area contributed by atoms with Gasteiger partial charge in [0.15, 0.2) is 15.7 Å². The summed E-state index contributed by atoms with van der Waals surface area (Å²) in [5, 5.41) is 13.1. The van der Waals surface area contributed by atoms with Crippen molar-refractivity contribution in [1.29, 1.82) is 0 Å². The lowest BCUT2D eigenvalue weighted by atomic mass is 10.1. The normalized spacial score (nSPS) is 22.4. The molecule has 112 valence electrons. The average molecular weight is 301 g/mol. The van der Waals surface area contributed by atoms with E-state index in [4.69, 9.17) is 0 Å². The maximum atomic E-state index is 11.7. The van der Waals surface area contributed by atoms with Gasteiger partial charge in [-0.3, -0.25) is 0 Å². The first-order valence-corrected chi connectivity index (χ1v) is 8.28. The number of hydrogen-bond acceptors (Lipinski definition) is 5. The Bertz CT molecular complexity index is 583. The molecule has 1 aliphatic rings. The Morgan fingerprint density at radius 2 is 2.35 bits per heavy atom. The van der Waals surface area contributed by atoms with Gasteiger partial charge in [0.1, 0.15) is 6.33 Å². The molecule has 0 radical (unpaired) electrons. The van der Waals surface area contributed by atoms with Crippen LogP contribution in [0.4, 0.5) is 4.79 Å². The SMILES string of the molecule is C[C@@H](NC(=O)NC[C@@H]1CCS(=O)(=O)C1)c1nncn1C. The highest BCUT2D eigenvalue weighted by molar-refractivity contribution is 7.91. The number of carbonyl (C=O) groups is 1. The second-order valence-electron chi connectivity index (χ2n) is 5.15. The summed E-state index contributed by atoms with van der Waals surface area (Å²) in [4.78, 5) is 11.7. The number of sulfone groups is 1. The molecule has 2 amide bonds. The molecule has 2 atom stereocenters. The minimum atomic E-state index is -2.90. The molecular weight excluding hydrogens is 282 g/mol. The first-order chi connectivity index (χ1) is 9.37. The third-order valence-corrected chi connectivity index (χ3v) is 5.20. The van der Waals surface area contributed by atoms with Gasteiger partial charge in [-0.05, 0) is 19.3 Å². The zero-order chi connectivity index (χ0) is 14.8. The van der Waals surface area contributed by atoms with Crippen molar-refractivity contribution in [2.24, 2.45) is 13.0 Å². The van der Waals surface area contributed by atoms with Gasteiger partial charge in [0.2, 0.25) is 0 Å². The van der Waals surface area contributed by atoms with Crippen LogP contribution in [0, 0.1) is 5.92 Å². The number of rotatable bonds is 4. The lowest BCUT2D eigenvalue weighted by Gasteiger charge is -2.15. The summed E-state index contributed by atoms with van der Waals surface area (Å²) in [6, 6.07) is -0.598. The molecule has 2 heterocycles. The van der Waals surface area contributed by atoms with Crippen LogP contribution in [0.5, 0.6) is 0 Å². The summed E-state index contributed by atoms with van der Waals surface area (Å²) in [6.07, 6.45) is 2.18. The molecule has 9 heteroatoms. The molecule has 1 aliphatic heterocycles. The summed E-state index contributed by atoms with van der Waals surface area (Å²) in [7, 11) is -1.10. The molecular formula is C11H19N5O3S. The van der Waals surface area contributed by atoms with Crippen molar-refractivity contribution in [3.63, 3.8) is 0 Å². The fourth-order valence-corrected chi connectivity index (χ4v) is 4.13. The summed E-state index contributed by atoms with van der Waals surface area (Å²) < 4.78 is 24.4. The van der Waals surface area contributed by atoms with Crippen molar-refractivity contribution in [3.8, 4) is 0 Å². The third kappa shape index (κ3) is 3.69. The molecule has 1 saturated heterocycles. The third-order valence-electron chi connectivity index (χ3n) is 3.36. The van der Waals surface area contributed by atoms with Crippen molar-refractivity contribution in [2.75, 3.05) is 18.1 Å². The highest BCUT2D eigenvalue weighted by Gasteiger charge is 2.28. The minimum Gasteiger partial charge on any atom is -0.338 e. The number of aryl methyl sites for hydroxylation is 1. The van der Waals surface area contributed by atoms with Gasteiger partial charge in [-0.1, -0.05) is 0 Å². The number of aromatic nitrogens is 3. The van der Waals surface area contributed by atoms with Crippen LogP contribution in [-0.4, -0.2) is 47.3 Å². The van der Waals surface area contributed by atoms with Crippen LogP contribution in [0.25, 0.3) is 0 Å². The molecule has 0 spiro atoms. The Morgan fingerprint density at radius 1 is 1.60 bits per heavy atom. The summed E-state index contributed by atoms with van der Waals surface area (Å²) >= 11 is 0. The van der Waals surface area contributed by atoms with E-state index in [1.54, 1.807) is 17.9 Å². The molecule has 2 N–H and O–H groups in total. The molecule has 0 saturated carbocycles. The Morgan fingerprint density at radius 3 is 2.90 bits per heavy atom. The van der Waals surface area contributed by atoms with Crippen molar-refractivity contribution in [1.82, 2.24) is 25.4 Å². The number of hydrogen-bond donors (Lipinski definition) is 2. The molecule has 1 aromatic heterocycles. The van der Waals surface area contributed by atoms with E-state index in [0.717, 1.165) is 0 Å². The van der Waals surface area contributed by atoms with Crippen LogP contribution in [0.3, 0.4) is 0 Å². The second-order valence-corrected chi connectivity index (χ2v) is 7.37. The maximum Gasteiger partial charge on any atom is 0.315 e. The van der Waals surface area contributed by atoms with E-state index in [2.05, 4.69) is 20.8 Å². The smallest absolute Gasteiger partial charge is 0.315 e. The number of nitrogens with one attached hydrogen (secondary N) is 2. The van der Waals surface area contributed by atoms with Gasteiger partial charge in [-0.25, -0.2) is 13.2 Å². The van der Waals surface area contributed by atoms with E-state index in [9.17, 15) is 13.2 Å². The van der Waals surface area contributed by atoms with Crippen LogP contribution in [0.2, 0.25) is 0 Å². The summed E-state index contributed by atoms with van der Waals surface area (Å²) in [5.41, 5.74) is 0. The van der Waals surface area contributed by atoms with Gasteiger partial charge < -0.3 is 15.2 Å². The average Bonchev–Trinajstić information content (AvgIpc) is 2.92. The van der Waals surface area contributed by atoms with Gasteiger partial charge in [0.25, 0.3) is 0 Å². The van der Waals surface area contributed by atoms with Gasteiger partial charge in [0, 0.05) is 13.6 Å². The molecule has 0 unspecified atom stereocenters. The lowest BCUT2D eigenvalue weighted by molar-refractivity contribution is 0.235. The van der Waals surface area contributed by atoms with Crippen molar-refractivity contribution in [2.45, 2.75) is 19.4 Å². The lowest BCUT2D eigenvalue weighted by Crippen LogP contribution is -2.40. The van der Waals surface area contributed by atoms with Crippen LogP contribution < -0.4 is 10.6 Å². The largest absolute Gasteiger partial charge is 0.338 e. The zero-order valence-electron chi connectivity index (χ0n) is 11.5. The highest BCUT2D eigenvalue weighted by Crippen LogP contribution is 2.17. The molecule has 1 aromatic rings. The van der Waals surface area contributed by atoms with E-state index in [-0.39, 0.29) is 29.5 Å². The number of urea groups is 1.